The van der Waals surface area contributed by atoms with Crippen LogP contribution in [0.15, 0.2) is 23.7 Å². The van der Waals surface area contributed by atoms with E-state index in [-0.39, 0.29) is 0 Å². The van der Waals surface area contributed by atoms with Crippen LogP contribution < -0.4 is 10.2 Å². The molecule has 0 spiro atoms. The van der Waals surface area contributed by atoms with Gasteiger partial charge in [0.15, 0.2) is 0 Å². The number of aromatic nitrogens is 2. The molecule has 0 amide bonds. The van der Waals surface area contributed by atoms with Gasteiger partial charge in [0.25, 0.3) is 0 Å². The minimum atomic E-state index is 0.388. The van der Waals surface area contributed by atoms with Gasteiger partial charge in [-0.15, -0.1) is 11.3 Å². The Hall–Kier alpha value is -1.62. The van der Waals surface area contributed by atoms with Crippen LogP contribution in [0.2, 0.25) is 0 Å². The molecule has 2 aromatic rings. The topological polar surface area (TPSA) is 41.1 Å². The van der Waals surface area contributed by atoms with Crippen LogP contribution in [0, 0.1) is 0 Å². The Balaban J connectivity index is 1.89. The van der Waals surface area contributed by atoms with E-state index in [2.05, 4.69) is 45.5 Å². The van der Waals surface area contributed by atoms with Gasteiger partial charge in [-0.1, -0.05) is 0 Å². The second-order valence-electron chi connectivity index (χ2n) is 4.69. The van der Waals surface area contributed by atoms with E-state index < -0.39 is 0 Å². The summed E-state index contributed by atoms with van der Waals surface area (Å²) in [7, 11) is 0. The van der Waals surface area contributed by atoms with Gasteiger partial charge in [0, 0.05) is 24.2 Å². The first-order valence-electron chi connectivity index (χ1n) is 6.69. The van der Waals surface area contributed by atoms with Crippen LogP contribution in [0.1, 0.15) is 30.3 Å². The van der Waals surface area contributed by atoms with Crippen molar-refractivity contribution in [2.24, 2.45) is 0 Å². The summed E-state index contributed by atoms with van der Waals surface area (Å²) in [6.45, 7) is 6.17. The lowest BCUT2D eigenvalue weighted by molar-refractivity contribution is 0.624. The Morgan fingerprint density at radius 1 is 1.47 bits per heavy atom. The highest BCUT2D eigenvalue weighted by Crippen LogP contribution is 2.35. The molecule has 0 saturated carbocycles. The lowest BCUT2D eigenvalue weighted by Gasteiger charge is -2.34. The van der Waals surface area contributed by atoms with Gasteiger partial charge in [0.05, 0.1) is 6.04 Å². The lowest BCUT2D eigenvalue weighted by Crippen LogP contribution is -2.33. The van der Waals surface area contributed by atoms with E-state index in [0.29, 0.717) is 12.0 Å². The summed E-state index contributed by atoms with van der Waals surface area (Å²) in [5, 5.41) is 5.36. The summed E-state index contributed by atoms with van der Waals surface area (Å²) in [5.41, 5.74) is 1.44. The number of nitrogens with zero attached hydrogens (tertiary/aromatic N) is 3. The highest BCUT2D eigenvalue weighted by Gasteiger charge is 2.25. The number of thiophene rings is 1. The molecule has 1 unspecified atom stereocenters. The Labute approximate surface area is 117 Å². The average molecular weight is 274 g/mol. The standard InChI is InChI=1S/C14H18N4S/c1-3-15-14-16-7-4-13(17-14)18-8-5-12-11(10(18)2)6-9-19-12/h4,6-7,9-10H,3,5,8H2,1-2H3,(H,15,16,17). The van der Waals surface area contributed by atoms with E-state index in [1.165, 1.54) is 10.4 Å². The van der Waals surface area contributed by atoms with E-state index in [0.717, 1.165) is 25.3 Å². The first-order valence-corrected chi connectivity index (χ1v) is 7.57. The third-order valence-corrected chi connectivity index (χ3v) is 4.54. The summed E-state index contributed by atoms with van der Waals surface area (Å²) in [6.07, 6.45) is 2.94. The summed E-state index contributed by atoms with van der Waals surface area (Å²) in [4.78, 5) is 12.7. The minimum Gasteiger partial charge on any atom is -0.354 e. The molecule has 3 rings (SSSR count). The molecule has 0 fully saturated rings. The van der Waals surface area contributed by atoms with Crippen molar-refractivity contribution in [2.75, 3.05) is 23.3 Å². The fraction of sp³-hybridized carbons (Fsp3) is 0.429. The van der Waals surface area contributed by atoms with Crippen LogP contribution in [-0.2, 0) is 6.42 Å². The molecule has 2 aromatic heterocycles. The molecular weight excluding hydrogens is 256 g/mol. The van der Waals surface area contributed by atoms with Crippen molar-refractivity contribution in [1.82, 2.24) is 9.97 Å². The molecule has 19 heavy (non-hydrogen) atoms. The Kier molecular flexibility index (Phi) is 3.38. The maximum absolute atomic E-state index is 4.60. The smallest absolute Gasteiger partial charge is 0.224 e. The van der Waals surface area contributed by atoms with Crippen LogP contribution in [-0.4, -0.2) is 23.1 Å². The number of fused-ring (bicyclic) bond motifs is 1. The second kappa shape index (κ2) is 5.17. The van der Waals surface area contributed by atoms with Crippen molar-refractivity contribution >= 4 is 23.1 Å². The molecule has 1 atom stereocenters. The van der Waals surface area contributed by atoms with Crippen molar-refractivity contribution < 1.29 is 0 Å². The van der Waals surface area contributed by atoms with E-state index in [9.17, 15) is 0 Å². The molecule has 0 bridgehead atoms. The lowest BCUT2D eigenvalue weighted by atomic mass is 10.0. The molecule has 3 heterocycles. The normalized spacial score (nSPS) is 18.2. The zero-order chi connectivity index (χ0) is 13.2. The van der Waals surface area contributed by atoms with Gasteiger partial charge < -0.3 is 10.2 Å². The molecule has 0 saturated heterocycles. The van der Waals surface area contributed by atoms with Gasteiger partial charge in [-0.05, 0) is 43.3 Å². The van der Waals surface area contributed by atoms with Gasteiger partial charge in [-0.25, -0.2) is 4.98 Å². The van der Waals surface area contributed by atoms with Gasteiger partial charge in [-0.3, -0.25) is 0 Å². The van der Waals surface area contributed by atoms with Crippen LogP contribution >= 0.6 is 11.3 Å². The molecule has 1 N–H and O–H groups in total. The number of nitrogens with one attached hydrogen (secondary N) is 1. The fourth-order valence-corrected chi connectivity index (χ4v) is 3.54. The third kappa shape index (κ3) is 2.30. The third-order valence-electron chi connectivity index (χ3n) is 3.55. The predicted octanol–water partition coefficient (Wildman–Crippen LogP) is 3.09. The second-order valence-corrected chi connectivity index (χ2v) is 5.69. The number of hydrogen-bond acceptors (Lipinski definition) is 5. The maximum atomic E-state index is 4.60. The monoisotopic (exact) mass is 274 g/mol. The molecule has 0 aliphatic carbocycles. The van der Waals surface area contributed by atoms with Gasteiger partial charge >= 0.3 is 0 Å². The molecule has 1 aliphatic heterocycles. The Morgan fingerprint density at radius 3 is 3.21 bits per heavy atom. The molecule has 4 nitrogen and oxygen atoms in total. The first-order chi connectivity index (χ1) is 9.29. The Bertz CT molecular complexity index is 566. The van der Waals surface area contributed by atoms with E-state index in [1.807, 2.05) is 23.6 Å². The van der Waals surface area contributed by atoms with E-state index in [4.69, 9.17) is 0 Å². The van der Waals surface area contributed by atoms with Crippen LogP contribution in [0.3, 0.4) is 0 Å². The number of hydrogen-bond donors (Lipinski definition) is 1. The summed E-state index contributed by atoms with van der Waals surface area (Å²) >= 11 is 1.87. The molecule has 5 heteroatoms. The summed E-state index contributed by atoms with van der Waals surface area (Å²) in [6, 6.07) is 4.62. The Morgan fingerprint density at radius 2 is 2.37 bits per heavy atom. The van der Waals surface area contributed by atoms with E-state index in [1.54, 1.807) is 0 Å². The number of rotatable bonds is 3. The molecule has 0 aromatic carbocycles. The highest BCUT2D eigenvalue weighted by molar-refractivity contribution is 7.10. The largest absolute Gasteiger partial charge is 0.354 e. The average Bonchev–Trinajstić information content (AvgIpc) is 2.89. The summed E-state index contributed by atoms with van der Waals surface area (Å²) < 4.78 is 0. The van der Waals surface area contributed by atoms with Crippen molar-refractivity contribution in [1.29, 1.82) is 0 Å². The quantitative estimate of drug-likeness (QED) is 0.934. The highest BCUT2D eigenvalue weighted by atomic mass is 32.1. The first kappa shape index (κ1) is 12.4. The fourth-order valence-electron chi connectivity index (χ4n) is 2.57. The van der Waals surface area contributed by atoms with Gasteiger partial charge in [-0.2, -0.15) is 4.98 Å². The van der Waals surface area contributed by atoms with Crippen molar-refractivity contribution in [3.8, 4) is 0 Å². The van der Waals surface area contributed by atoms with Crippen molar-refractivity contribution in [3.63, 3.8) is 0 Å². The predicted molar refractivity (Wildman–Crippen MR) is 80.0 cm³/mol. The van der Waals surface area contributed by atoms with Crippen LogP contribution in [0.5, 0.6) is 0 Å². The van der Waals surface area contributed by atoms with Gasteiger partial charge in [0.1, 0.15) is 5.82 Å². The molecule has 0 radical (unpaired) electrons. The SMILES string of the molecule is CCNc1nccc(N2CCc3sccc3C2C)n1. The van der Waals surface area contributed by atoms with E-state index >= 15 is 0 Å². The molecular formula is C14H18N4S. The summed E-state index contributed by atoms with van der Waals surface area (Å²) in [5.74, 6) is 1.72. The number of anilines is 2. The zero-order valence-corrected chi connectivity index (χ0v) is 12.1. The van der Waals surface area contributed by atoms with Crippen LogP contribution in [0.25, 0.3) is 0 Å². The molecule has 100 valence electrons. The van der Waals surface area contributed by atoms with Crippen molar-refractivity contribution in [3.05, 3.63) is 34.2 Å². The van der Waals surface area contributed by atoms with Crippen molar-refractivity contribution in [2.45, 2.75) is 26.3 Å². The van der Waals surface area contributed by atoms with Crippen LogP contribution in [0.4, 0.5) is 11.8 Å². The molecule has 1 aliphatic rings. The zero-order valence-electron chi connectivity index (χ0n) is 11.3. The maximum Gasteiger partial charge on any atom is 0.224 e. The minimum absolute atomic E-state index is 0.388. The van der Waals surface area contributed by atoms with Gasteiger partial charge in [0.2, 0.25) is 5.95 Å².